The first-order chi connectivity index (χ1) is 10.7. The van der Waals surface area contributed by atoms with E-state index in [0.29, 0.717) is 25.9 Å². The second-order valence-corrected chi connectivity index (χ2v) is 7.31. The molecule has 0 bridgehead atoms. The topological polar surface area (TPSA) is 79.0 Å². The lowest BCUT2D eigenvalue weighted by molar-refractivity contribution is -0.148. The second kappa shape index (κ2) is 6.86. The van der Waals surface area contributed by atoms with E-state index in [1.807, 2.05) is 20.8 Å². The number of rotatable bonds is 2. The number of nitrogens with one attached hydrogen (secondary N) is 1. The van der Waals surface area contributed by atoms with Gasteiger partial charge in [-0.3, -0.25) is 14.5 Å². The van der Waals surface area contributed by atoms with Crippen molar-refractivity contribution in [2.75, 3.05) is 20.1 Å². The summed E-state index contributed by atoms with van der Waals surface area (Å²) in [7, 11) is 1.52. The van der Waals surface area contributed by atoms with E-state index < -0.39 is 5.60 Å². The van der Waals surface area contributed by atoms with E-state index in [1.165, 1.54) is 11.9 Å². The van der Waals surface area contributed by atoms with Crippen LogP contribution in [0.5, 0.6) is 0 Å². The largest absolute Gasteiger partial charge is 0.444 e. The van der Waals surface area contributed by atoms with Crippen LogP contribution in [-0.4, -0.2) is 65.5 Å². The number of imide groups is 1. The number of piperidine rings is 2. The highest BCUT2D eigenvalue weighted by atomic mass is 16.6. The molecule has 3 amide bonds. The molecule has 130 valence electrons. The molecular formula is C16H27N3O4. The molecule has 0 spiro atoms. The molecule has 7 heteroatoms. The smallest absolute Gasteiger partial charge is 0.410 e. The van der Waals surface area contributed by atoms with Crippen molar-refractivity contribution in [3.8, 4) is 0 Å². The zero-order chi connectivity index (χ0) is 17.2. The average Bonchev–Trinajstić information content (AvgIpc) is 2.46. The number of hydrogen-bond donors (Lipinski definition) is 1. The van der Waals surface area contributed by atoms with Crippen LogP contribution in [0, 0.1) is 0 Å². The van der Waals surface area contributed by atoms with E-state index >= 15 is 0 Å². The summed E-state index contributed by atoms with van der Waals surface area (Å²) < 4.78 is 5.41. The Labute approximate surface area is 137 Å². The van der Waals surface area contributed by atoms with Gasteiger partial charge in [-0.25, -0.2) is 4.79 Å². The van der Waals surface area contributed by atoms with E-state index in [-0.39, 0.29) is 30.0 Å². The van der Waals surface area contributed by atoms with Gasteiger partial charge in [-0.15, -0.1) is 0 Å². The standard InChI is InChI=1S/C16H27N3O4/c1-16(2,3)23-15(22)19-9-5-6-11(10-19)17-12-7-8-13(20)18(4)14(12)21/h11-12,17H,5-10H2,1-4H3. The van der Waals surface area contributed by atoms with Gasteiger partial charge in [0.1, 0.15) is 5.60 Å². The van der Waals surface area contributed by atoms with Gasteiger partial charge in [0.05, 0.1) is 6.04 Å². The Balaban J connectivity index is 1.90. The first kappa shape index (κ1) is 17.7. The maximum Gasteiger partial charge on any atom is 0.410 e. The molecule has 2 heterocycles. The first-order valence-electron chi connectivity index (χ1n) is 8.22. The van der Waals surface area contributed by atoms with E-state index in [1.54, 1.807) is 4.90 Å². The molecule has 2 atom stereocenters. The van der Waals surface area contributed by atoms with E-state index in [4.69, 9.17) is 4.74 Å². The lowest BCUT2D eigenvalue weighted by Crippen LogP contribution is -2.57. The quantitative estimate of drug-likeness (QED) is 0.770. The minimum absolute atomic E-state index is 0.0480. The Bertz CT molecular complexity index is 486. The third-order valence-electron chi connectivity index (χ3n) is 4.16. The number of likely N-dealkylation sites (tertiary alicyclic amines) is 2. The van der Waals surface area contributed by atoms with Crippen LogP contribution in [-0.2, 0) is 14.3 Å². The van der Waals surface area contributed by atoms with Gasteiger partial charge < -0.3 is 15.0 Å². The minimum atomic E-state index is -0.514. The van der Waals surface area contributed by atoms with Crippen LogP contribution in [0.3, 0.4) is 0 Å². The monoisotopic (exact) mass is 325 g/mol. The summed E-state index contributed by atoms with van der Waals surface area (Å²) in [5, 5.41) is 3.31. The molecule has 0 aromatic carbocycles. The Morgan fingerprint density at radius 2 is 1.96 bits per heavy atom. The maximum atomic E-state index is 12.2. The van der Waals surface area contributed by atoms with Crippen LogP contribution in [0.25, 0.3) is 0 Å². The van der Waals surface area contributed by atoms with Crippen LogP contribution in [0.1, 0.15) is 46.5 Å². The maximum absolute atomic E-state index is 12.2. The predicted octanol–water partition coefficient (Wildman–Crippen LogP) is 1.12. The van der Waals surface area contributed by atoms with Gasteiger partial charge in [-0.2, -0.15) is 0 Å². The van der Waals surface area contributed by atoms with Crippen LogP contribution < -0.4 is 5.32 Å². The molecule has 2 unspecified atom stereocenters. The van der Waals surface area contributed by atoms with Crippen LogP contribution in [0.4, 0.5) is 4.79 Å². The predicted molar refractivity (Wildman–Crippen MR) is 84.8 cm³/mol. The summed E-state index contributed by atoms with van der Waals surface area (Å²) in [4.78, 5) is 38.7. The van der Waals surface area contributed by atoms with Crippen molar-refractivity contribution >= 4 is 17.9 Å². The summed E-state index contributed by atoms with van der Waals surface area (Å²) in [6, 6.07) is -0.298. The van der Waals surface area contributed by atoms with Gasteiger partial charge in [0.2, 0.25) is 11.8 Å². The highest BCUT2D eigenvalue weighted by Gasteiger charge is 2.35. The van der Waals surface area contributed by atoms with Gasteiger partial charge in [0.25, 0.3) is 0 Å². The lowest BCUT2D eigenvalue weighted by atomic mass is 10.00. The molecule has 0 saturated carbocycles. The molecule has 0 aliphatic carbocycles. The van der Waals surface area contributed by atoms with Crippen molar-refractivity contribution < 1.29 is 19.1 Å². The fraction of sp³-hybridized carbons (Fsp3) is 0.812. The molecular weight excluding hydrogens is 298 g/mol. The fourth-order valence-electron chi connectivity index (χ4n) is 2.96. The van der Waals surface area contributed by atoms with Crippen molar-refractivity contribution in [2.45, 2.75) is 64.1 Å². The van der Waals surface area contributed by atoms with Crippen LogP contribution in [0.15, 0.2) is 0 Å². The Kier molecular flexibility index (Phi) is 5.29. The minimum Gasteiger partial charge on any atom is -0.444 e. The number of carbonyl (C=O) groups excluding carboxylic acids is 3. The highest BCUT2D eigenvalue weighted by Crippen LogP contribution is 2.18. The number of nitrogens with zero attached hydrogens (tertiary/aromatic N) is 2. The van der Waals surface area contributed by atoms with Gasteiger partial charge >= 0.3 is 6.09 Å². The van der Waals surface area contributed by atoms with Crippen molar-refractivity contribution in [3.63, 3.8) is 0 Å². The van der Waals surface area contributed by atoms with Crippen LogP contribution in [0.2, 0.25) is 0 Å². The molecule has 2 aliphatic heterocycles. The summed E-state index contributed by atoms with van der Waals surface area (Å²) in [5.41, 5.74) is -0.514. The molecule has 2 fully saturated rings. The van der Waals surface area contributed by atoms with E-state index in [2.05, 4.69) is 5.32 Å². The average molecular weight is 325 g/mol. The third-order valence-corrected chi connectivity index (χ3v) is 4.16. The van der Waals surface area contributed by atoms with Gasteiger partial charge in [0.15, 0.2) is 0 Å². The number of amides is 3. The Morgan fingerprint density at radius 3 is 2.61 bits per heavy atom. The summed E-state index contributed by atoms with van der Waals surface area (Å²) >= 11 is 0. The molecule has 0 aromatic heterocycles. The fourth-order valence-corrected chi connectivity index (χ4v) is 2.96. The van der Waals surface area contributed by atoms with Crippen LogP contribution >= 0.6 is 0 Å². The Hall–Kier alpha value is -1.63. The van der Waals surface area contributed by atoms with E-state index in [0.717, 1.165) is 12.8 Å². The molecule has 1 N–H and O–H groups in total. The van der Waals surface area contributed by atoms with Crippen molar-refractivity contribution in [1.82, 2.24) is 15.1 Å². The first-order valence-corrected chi connectivity index (χ1v) is 8.22. The Morgan fingerprint density at radius 1 is 1.26 bits per heavy atom. The molecule has 0 radical (unpaired) electrons. The molecule has 23 heavy (non-hydrogen) atoms. The lowest BCUT2D eigenvalue weighted by Gasteiger charge is -2.37. The van der Waals surface area contributed by atoms with Gasteiger partial charge in [0, 0.05) is 32.6 Å². The zero-order valence-electron chi connectivity index (χ0n) is 14.4. The molecule has 2 saturated heterocycles. The number of ether oxygens (including phenoxy) is 1. The van der Waals surface area contributed by atoms with Crippen molar-refractivity contribution in [1.29, 1.82) is 0 Å². The van der Waals surface area contributed by atoms with Crippen molar-refractivity contribution in [2.24, 2.45) is 0 Å². The highest BCUT2D eigenvalue weighted by molar-refractivity contribution is 6.00. The summed E-state index contributed by atoms with van der Waals surface area (Å²) in [5.74, 6) is -0.317. The zero-order valence-corrected chi connectivity index (χ0v) is 14.4. The number of carbonyl (C=O) groups is 3. The number of likely N-dealkylation sites (N-methyl/N-ethyl adjacent to an activating group) is 1. The molecule has 2 aliphatic rings. The van der Waals surface area contributed by atoms with Gasteiger partial charge in [-0.05, 0) is 40.0 Å². The van der Waals surface area contributed by atoms with E-state index in [9.17, 15) is 14.4 Å². The molecule has 0 aromatic rings. The summed E-state index contributed by atoms with van der Waals surface area (Å²) in [6.07, 6.45) is 2.35. The third kappa shape index (κ3) is 4.67. The molecule has 7 nitrogen and oxygen atoms in total. The number of hydrogen-bond acceptors (Lipinski definition) is 5. The van der Waals surface area contributed by atoms with Gasteiger partial charge in [-0.1, -0.05) is 0 Å². The normalized spacial score (nSPS) is 26.4. The molecule has 2 rings (SSSR count). The van der Waals surface area contributed by atoms with Crippen molar-refractivity contribution in [3.05, 3.63) is 0 Å². The summed E-state index contributed by atoms with van der Waals surface area (Å²) in [6.45, 7) is 6.73. The second-order valence-electron chi connectivity index (χ2n) is 7.31. The SMILES string of the molecule is CN1C(=O)CCC(NC2CCCN(C(=O)OC(C)(C)C)C2)C1=O.